The van der Waals surface area contributed by atoms with E-state index in [0.29, 0.717) is 29.2 Å². The van der Waals surface area contributed by atoms with Crippen molar-refractivity contribution < 1.29 is 19.4 Å². The lowest BCUT2D eigenvalue weighted by Gasteiger charge is -2.10. The molecule has 3 aromatic rings. The number of hydrogen-bond acceptors (Lipinski definition) is 5. The molecule has 3 rings (SSSR count). The zero-order valence-corrected chi connectivity index (χ0v) is 15.7. The van der Waals surface area contributed by atoms with Crippen molar-refractivity contribution in [2.75, 3.05) is 5.32 Å². The fourth-order valence-corrected chi connectivity index (χ4v) is 3.06. The normalized spacial score (nSPS) is 10.4. The van der Waals surface area contributed by atoms with Crippen LogP contribution in [0.4, 0.5) is 5.69 Å². The van der Waals surface area contributed by atoms with Gasteiger partial charge in [0.1, 0.15) is 12.4 Å². The number of nitrogens with zero attached hydrogens (tertiary/aromatic N) is 1. The van der Waals surface area contributed by atoms with E-state index >= 15 is 0 Å². The van der Waals surface area contributed by atoms with E-state index in [1.54, 1.807) is 48.6 Å². The Bertz CT molecular complexity index is 980. The molecule has 6 nitrogen and oxygen atoms in total. The standard InChI is InChI=1S/C20H18N2O4S/c1-12-9-15(20(24)25)5-8-18(12)22-19(23)14-3-6-17(7-4-14)26-10-16-11-27-13(2)21-16/h3-9,11H,10H2,1-2H3,(H,22,23)(H,24,25). The van der Waals surface area contributed by atoms with Crippen LogP contribution in [0, 0.1) is 13.8 Å². The highest BCUT2D eigenvalue weighted by molar-refractivity contribution is 7.09. The summed E-state index contributed by atoms with van der Waals surface area (Å²) in [6.07, 6.45) is 0. The number of aryl methyl sites for hydroxylation is 2. The number of thiazole rings is 1. The fraction of sp³-hybridized carbons (Fsp3) is 0.150. The summed E-state index contributed by atoms with van der Waals surface area (Å²) in [6, 6.07) is 11.4. The molecule has 2 aromatic carbocycles. The molecular weight excluding hydrogens is 364 g/mol. The summed E-state index contributed by atoms with van der Waals surface area (Å²) in [6.45, 7) is 4.07. The van der Waals surface area contributed by atoms with Gasteiger partial charge in [-0.3, -0.25) is 4.79 Å². The molecule has 0 atom stereocenters. The van der Waals surface area contributed by atoms with Crippen LogP contribution in [0.15, 0.2) is 47.8 Å². The first-order chi connectivity index (χ1) is 12.9. The molecular formula is C20H18N2O4S. The van der Waals surface area contributed by atoms with Crippen LogP contribution in [0.2, 0.25) is 0 Å². The molecule has 0 bridgehead atoms. The number of carbonyl (C=O) groups is 2. The van der Waals surface area contributed by atoms with E-state index in [-0.39, 0.29) is 11.5 Å². The van der Waals surface area contributed by atoms with Gasteiger partial charge in [0.15, 0.2) is 0 Å². The minimum absolute atomic E-state index is 0.183. The predicted octanol–water partition coefficient (Wildman–Crippen LogP) is 4.29. The topological polar surface area (TPSA) is 88.5 Å². The largest absolute Gasteiger partial charge is 0.487 e. The van der Waals surface area contributed by atoms with Gasteiger partial charge in [0.05, 0.1) is 16.3 Å². The Kier molecular flexibility index (Phi) is 5.52. The molecule has 138 valence electrons. The molecule has 0 unspecified atom stereocenters. The molecule has 0 aliphatic rings. The number of ether oxygens (including phenoxy) is 1. The van der Waals surface area contributed by atoms with Crippen LogP contribution in [0.3, 0.4) is 0 Å². The molecule has 0 spiro atoms. The van der Waals surface area contributed by atoms with Gasteiger partial charge in [-0.05, 0) is 61.9 Å². The summed E-state index contributed by atoms with van der Waals surface area (Å²) >= 11 is 1.57. The summed E-state index contributed by atoms with van der Waals surface area (Å²) in [5.74, 6) is -0.624. The second kappa shape index (κ2) is 8.01. The lowest BCUT2D eigenvalue weighted by atomic mass is 10.1. The molecule has 0 radical (unpaired) electrons. The van der Waals surface area contributed by atoms with Gasteiger partial charge in [-0.15, -0.1) is 11.3 Å². The van der Waals surface area contributed by atoms with Crippen LogP contribution >= 0.6 is 11.3 Å². The van der Waals surface area contributed by atoms with Gasteiger partial charge >= 0.3 is 5.97 Å². The number of aromatic nitrogens is 1. The molecule has 27 heavy (non-hydrogen) atoms. The number of carboxylic acid groups (broad SMARTS) is 1. The number of nitrogens with one attached hydrogen (secondary N) is 1. The Labute approximate surface area is 160 Å². The molecule has 0 fully saturated rings. The average molecular weight is 382 g/mol. The van der Waals surface area contributed by atoms with Gasteiger partial charge < -0.3 is 15.2 Å². The molecule has 0 aliphatic carbocycles. The smallest absolute Gasteiger partial charge is 0.335 e. The number of amides is 1. The molecule has 2 N–H and O–H groups in total. The Morgan fingerprint density at radius 3 is 2.41 bits per heavy atom. The number of carboxylic acids is 1. The molecule has 7 heteroatoms. The third-order valence-electron chi connectivity index (χ3n) is 3.89. The third-order valence-corrected chi connectivity index (χ3v) is 4.71. The highest BCUT2D eigenvalue weighted by Crippen LogP contribution is 2.19. The summed E-state index contributed by atoms with van der Waals surface area (Å²) in [4.78, 5) is 27.7. The van der Waals surface area contributed by atoms with E-state index < -0.39 is 5.97 Å². The lowest BCUT2D eigenvalue weighted by Crippen LogP contribution is -2.13. The van der Waals surface area contributed by atoms with Crippen molar-refractivity contribution in [2.45, 2.75) is 20.5 Å². The number of carbonyl (C=O) groups excluding carboxylic acids is 1. The summed E-state index contributed by atoms with van der Waals surface area (Å²) in [5, 5.41) is 14.7. The number of anilines is 1. The lowest BCUT2D eigenvalue weighted by molar-refractivity contribution is 0.0696. The Morgan fingerprint density at radius 1 is 1.11 bits per heavy atom. The number of rotatable bonds is 6. The molecule has 0 saturated carbocycles. The minimum atomic E-state index is -1.00. The highest BCUT2D eigenvalue weighted by Gasteiger charge is 2.10. The number of aromatic carboxylic acids is 1. The van der Waals surface area contributed by atoms with E-state index in [1.807, 2.05) is 12.3 Å². The van der Waals surface area contributed by atoms with E-state index in [9.17, 15) is 9.59 Å². The Balaban J connectivity index is 1.62. The number of benzene rings is 2. The second-order valence-electron chi connectivity index (χ2n) is 5.96. The van der Waals surface area contributed by atoms with Gasteiger partial charge in [-0.1, -0.05) is 0 Å². The third kappa shape index (κ3) is 4.71. The monoisotopic (exact) mass is 382 g/mol. The van der Waals surface area contributed by atoms with Crippen LogP contribution in [0.5, 0.6) is 5.75 Å². The van der Waals surface area contributed by atoms with Crippen molar-refractivity contribution in [2.24, 2.45) is 0 Å². The first-order valence-electron chi connectivity index (χ1n) is 8.21. The predicted molar refractivity (Wildman–Crippen MR) is 104 cm³/mol. The maximum Gasteiger partial charge on any atom is 0.335 e. The van der Waals surface area contributed by atoms with Gasteiger partial charge in [0.2, 0.25) is 0 Å². The number of hydrogen-bond donors (Lipinski definition) is 2. The van der Waals surface area contributed by atoms with Gasteiger partial charge in [0, 0.05) is 16.6 Å². The molecule has 0 aliphatic heterocycles. The zero-order valence-electron chi connectivity index (χ0n) is 14.9. The van der Waals surface area contributed by atoms with Crippen LogP contribution in [0.25, 0.3) is 0 Å². The van der Waals surface area contributed by atoms with Gasteiger partial charge in [-0.2, -0.15) is 0 Å². The van der Waals surface area contributed by atoms with E-state index in [2.05, 4.69) is 10.3 Å². The van der Waals surface area contributed by atoms with Crippen molar-refractivity contribution >= 4 is 28.9 Å². The van der Waals surface area contributed by atoms with Crippen molar-refractivity contribution in [1.82, 2.24) is 4.98 Å². The van der Waals surface area contributed by atoms with Crippen molar-refractivity contribution in [1.29, 1.82) is 0 Å². The van der Waals surface area contributed by atoms with Gasteiger partial charge in [0.25, 0.3) is 5.91 Å². The van der Waals surface area contributed by atoms with Crippen LogP contribution in [-0.2, 0) is 6.61 Å². The fourth-order valence-electron chi connectivity index (χ4n) is 2.47. The summed E-state index contributed by atoms with van der Waals surface area (Å²) in [7, 11) is 0. The molecule has 1 amide bonds. The molecule has 1 heterocycles. The zero-order chi connectivity index (χ0) is 19.4. The van der Waals surface area contributed by atoms with Gasteiger partial charge in [-0.25, -0.2) is 9.78 Å². The van der Waals surface area contributed by atoms with E-state index in [0.717, 1.165) is 10.7 Å². The quantitative estimate of drug-likeness (QED) is 0.664. The first-order valence-corrected chi connectivity index (χ1v) is 9.09. The molecule has 1 aromatic heterocycles. The van der Waals surface area contributed by atoms with Crippen LogP contribution in [0.1, 0.15) is 37.0 Å². The first kappa shape index (κ1) is 18.6. The SMILES string of the molecule is Cc1nc(COc2ccc(C(=O)Nc3ccc(C(=O)O)cc3C)cc2)cs1. The van der Waals surface area contributed by atoms with Crippen LogP contribution < -0.4 is 10.1 Å². The minimum Gasteiger partial charge on any atom is -0.487 e. The van der Waals surface area contributed by atoms with Crippen molar-refractivity contribution in [3.8, 4) is 5.75 Å². The maximum atomic E-state index is 12.4. The van der Waals surface area contributed by atoms with Crippen molar-refractivity contribution in [3.05, 3.63) is 75.2 Å². The van der Waals surface area contributed by atoms with Crippen LogP contribution in [-0.4, -0.2) is 22.0 Å². The van der Waals surface area contributed by atoms with Crippen molar-refractivity contribution in [3.63, 3.8) is 0 Å². The Morgan fingerprint density at radius 2 is 1.81 bits per heavy atom. The van der Waals surface area contributed by atoms with E-state index in [1.165, 1.54) is 12.1 Å². The summed E-state index contributed by atoms with van der Waals surface area (Å²) in [5.41, 5.74) is 2.79. The maximum absolute atomic E-state index is 12.4. The summed E-state index contributed by atoms with van der Waals surface area (Å²) < 4.78 is 5.67. The second-order valence-corrected chi connectivity index (χ2v) is 7.02. The average Bonchev–Trinajstić information content (AvgIpc) is 3.07. The Hall–Kier alpha value is -3.19. The highest BCUT2D eigenvalue weighted by atomic mass is 32.1. The molecule has 0 saturated heterocycles. The van der Waals surface area contributed by atoms with E-state index in [4.69, 9.17) is 9.84 Å².